The maximum Gasteiger partial charge on any atom is 0.179 e. The Bertz CT molecular complexity index is 572. The van der Waals surface area contributed by atoms with Crippen LogP contribution in [0.4, 0.5) is 0 Å². The number of carbonyl (C=O) groups excluding carboxylic acids is 1. The molecule has 0 saturated carbocycles. The van der Waals surface area contributed by atoms with Crippen molar-refractivity contribution in [2.45, 2.75) is 26.3 Å². The van der Waals surface area contributed by atoms with Crippen LogP contribution in [0, 0.1) is 6.07 Å². The molecule has 1 aromatic carbocycles. The molecule has 0 aliphatic carbocycles. The summed E-state index contributed by atoms with van der Waals surface area (Å²) in [5.41, 5.74) is 7.62. The molecule has 0 aliphatic heterocycles. The van der Waals surface area contributed by atoms with Gasteiger partial charge in [0.15, 0.2) is 5.78 Å². The van der Waals surface area contributed by atoms with Crippen LogP contribution >= 0.6 is 0 Å². The third-order valence-electron chi connectivity index (χ3n) is 3.75. The molecule has 0 spiro atoms. The smallest absolute Gasteiger partial charge is 0.179 e. The zero-order valence-electron chi connectivity index (χ0n) is 12.1. The van der Waals surface area contributed by atoms with E-state index in [1.165, 1.54) is 0 Å². The van der Waals surface area contributed by atoms with Gasteiger partial charge in [0, 0.05) is 35.3 Å². The van der Waals surface area contributed by atoms with Crippen LogP contribution in [0.3, 0.4) is 0 Å². The van der Waals surface area contributed by atoms with Crippen LogP contribution in [0.15, 0.2) is 24.4 Å². The Morgan fingerprint density at radius 3 is 2.85 bits per heavy atom. The SMILES string of the molecule is CCN(CC)CCC(N)C(=O)c1ccc2[c]c[nH]c2c1. The number of carbonyl (C=O) groups is 1. The van der Waals surface area contributed by atoms with E-state index in [-0.39, 0.29) is 5.78 Å². The molecule has 1 heterocycles. The number of ketones is 1. The first-order valence-corrected chi connectivity index (χ1v) is 7.16. The molecular weight excluding hydrogens is 250 g/mol. The molecule has 1 unspecified atom stereocenters. The lowest BCUT2D eigenvalue weighted by Crippen LogP contribution is -2.35. The molecule has 2 aromatic rings. The summed E-state index contributed by atoms with van der Waals surface area (Å²) in [6.07, 6.45) is 2.44. The van der Waals surface area contributed by atoms with Gasteiger partial charge in [-0.15, -0.1) is 0 Å². The molecule has 1 aromatic heterocycles. The fourth-order valence-corrected chi connectivity index (χ4v) is 2.34. The second-order valence-corrected chi connectivity index (χ2v) is 4.98. The summed E-state index contributed by atoms with van der Waals surface area (Å²) in [7, 11) is 0. The average molecular weight is 272 g/mol. The van der Waals surface area contributed by atoms with Gasteiger partial charge in [-0.25, -0.2) is 0 Å². The Morgan fingerprint density at radius 2 is 2.15 bits per heavy atom. The molecule has 20 heavy (non-hydrogen) atoms. The van der Waals surface area contributed by atoms with Crippen molar-refractivity contribution >= 4 is 16.7 Å². The van der Waals surface area contributed by atoms with Crippen LogP contribution in [0.5, 0.6) is 0 Å². The van der Waals surface area contributed by atoms with E-state index in [4.69, 9.17) is 5.73 Å². The highest BCUT2D eigenvalue weighted by molar-refractivity contribution is 6.02. The summed E-state index contributed by atoms with van der Waals surface area (Å²) >= 11 is 0. The van der Waals surface area contributed by atoms with E-state index in [0.717, 1.165) is 30.5 Å². The summed E-state index contributed by atoms with van der Waals surface area (Å²) in [4.78, 5) is 17.7. The fraction of sp³-hybridized carbons (Fsp3) is 0.438. The number of rotatable bonds is 7. The highest BCUT2D eigenvalue weighted by Crippen LogP contribution is 2.15. The highest BCUT2D eigenvalue weighted by atomic mass is 16.1. The van der Waals surface area contributed by atoms with Crippen molar-refractivity contribution in [3.8, 4) is 0 Å². The van der Waals surface area contributed by atoms with E-state index in [1.54, 1.807) is 6.20 Å². The molecule has 0 fully saturated rings. The number of aromatic amines is 1. The van der Waals surface area contributed by atoms with Gasteiger partial charge in [-0.1, -0.05) is 26.0 Å². The monoisotopic (exact) mass is 272 g/mol. The maximum atomic E-state index is 12.3. The Morgan fingerprint density at radius 1 is 1.40 bits per heavy atom. The van der Waals surface area contributed by atoms with Crippen molar-refractivity contribution in [1.82, 2.24) is 9.88 Å². The quantitative estimate of drug-likeness (QED) is 0.760. The predicted octanol–water partition coefficient (Wildman–Crippen LogP) is 2.21. The van der Waals surface area contributed by atoms with Crippen LogP contribution in [0.2, 0.25) is 0 Å². The van der Waals surface area contributed by atoms with E-state index >= 15 is 0 Å². The molecule has 2 rings (SSSR count). The lowest BCUT2D eigenvalue weighted by Gasteiger charge is -2.20. The van der Waals surface area contributed by atoms with Crippen LogP contribution in [-0.2, 0) is 0 Å². The van der Waals surface area contributed by atoms with E-state index in [9.17, 15) is 4.79 Å². The second-order valence-electron chi connectivity index (χ2n) is 4.98. The molecule has 107 valence electrons. The van der Waals surface area contributed by atoms with Gasteiger partial charge in [0.2, 0.25) is 0 Å². The first-order valence-electron chi connectivity index (χ1n) is 7.16. The van der Waals surface area contributed by atoms with Crippen LogP contribution in [-0.4, -0.2) is 41.3 Å². The van der Waals surface area contributed by atoms with Gasteiger partial charge < -0.3 is 15.6 Å². The van der Waals surface area contributed by atoms with E-state index < -0.39 is 6.04 Å². The number of benzene rings is 1. The van der Waals surface area contributed by atoms with Gasteiger partial charge in [0.25, 0.3) is 0 Å². The van der Waals surface area contributed by atoms with Crippen molar-refractivity contribution < 1.29 is 4.79 Å². The summed E-state index contributed by atoms with van der Waals surface area (Å²) < 4.78 is 0. The lowest BCUT2D eigenvalue weighted by atomic mass is 10.0. The van der Waals surface area contributed by atoms with Crippen molar-refractivity contribution in [3.63, 3.8) is 0 Å². The minimum atomic E-state index is -0.438. The number of H-pyrrole nitrogens is 1. The van der Waals surface area contributed by atoms with Gasteiger partial charge in [-0.3, -0.25) is 4.79 Å². The molecule has 3 N–H and O–H groups in total. The molecule has 1 radical (unpaired) electrons. The number of fused-ring (bicyclic) bond motifs is 1. The number of nitrogens with two attached hydrogens (primary N) is 1. The summed E-state index contributed by atoms with van der Waals surface area (Å²) in [6.45, 7) is 7.07. The molecule has 0 aliphatic rings. The maximum absolute atomic E-state index is 12.3. The number of hydrogen-bond donors (Lipinski definition) is 2. The summed E-state index contributed by atoms with van der Waals surface area (Å²) in [5.74, 6) is 0.00801. The Hall–Kier alpha value is -1.65. The Kier molecular flexibility index (Phi) is 4.93. The molecule has 0 bridgehead atoms. The zero-order valence-corrected chi connectivity index (χ0v) is 12.1. The first kappa shape index (κ1) is 14.8. The number of nitrogens with zero attached hydrogens (tertiary/aromatic N) is 1. The van der Waals surface area contributed by atoms with Gasteiger partial charge in [0.1, 0.15) is 0 Å². The Labute approximate surface area is 120 Å². The fourth-order valence-electron chi connectivity index (χ4n) is 2.34. The lowest BCUT2D eigenvalue weighted by molar-refractivity contribution is 0.0951. The molecule has 1 atom stereocenters. The molecular formula is C16H22N3O. The van der Waals surface area contributed by atoms with Gasteiger partial charge in [-0.05, 0) is 25.6 Å². The normalized spacial score (nSPS) is 13.0. The van der Waals surface area contributed by atoms with Gasteiger partial charge >= 0.3 is 0 Å². The van der Waals surface area contributed by atoms with Crippen molar-refractivity contribution in [1.29, 1.82) is 0 Å². The van der Waals surface area contributed by atoms with Crippen molar-refractivity contribution in [2.75, 3.05) is 19.6 Å². The Balaban J connectivity index is 2.02. The topological polar surface area (TPSA) is 62.1 Å². The molecule has 0 saturated heterocycles. The highest BCUT2D eigenvalue weighted by Gasteiger charge is 2.17. The minimum Gasteiger partial charge on any atom is -0.361 e. The first-order chi connectivity index (χ1) is 9.65. The van der Waals surface area contributed by atoms with E-state index in [2.05, 4.69) is 29.8 Å². The number of Topliss-reactive ketones (excluding diaryl/α,β-unsaturated/α-hetero) is 1. The average Bonchev–Trinajstić information content (AvgIpc) is 2.94. The van der Waals surface area contributed by atoms with Crippen molar-refractivity contribution in [2.24, 2.45) is 5.73 Å². The number of nitrogens with one attached hydrogen (secondary N) is 1. The molecule has 4 nitrogen and oxygen atoms in total. The summed E-state index contributed by atoms with van der Waals surface area (Å²) in [6, 6.07) is 8.20. The predicted molar refractivity (Wildman–Crippen MR) is 81.8 cm³/mol. The third kappa shape index (κ3) is 3.26. The van der Waals surface area contributed by atoms with E-state index in [1.807, 2.05) is 18.2 Å². The minimum absolute atomic E-state index is 0.00801. The third-order valence-corrected chi connectivity index (χ3v) is 3.75. The largest absolute Gasteiger partial charge is 0.361 e. The van der Waals surface area contributed by atoms with Crippen LogP contribution in [0.1, 0.15) is 30.6 Å². The molecule has 4 heteroatoms. The van der Waals surface area contributed by atoms with Crippen LogP contribution in [0.25, 0.3) is 10.9 Å². The second kappa shape index (κ2) is 6.68. The standard InChI is InChI=1S/C16H22N3O/c1-3-19(4-2)10-8-14(17)16(20)13-6-5-12-7-9-18-15(12)11-13/h5-6,9,11,14,18H,3-4,8,10,17H2,1-2H3. The molecule has 0 amide bonds. The zero-order chi connectivity index (χ0) is 14.5. The van der Waals surface area contributed by atoms with Crippen LogP contribution < -0.4 is 5.73 Å². The van der Waals surface area contributed by atoms with Gasteiger partial charge in [0.05, 0.1) is 6.04 Å². The number of aromatic nitrogens is 1. The van der Waals surface area contributed by atoms with Gasteiger partial charge in [-0.2, -0.15) is 0 Å². The van der Waals surface area contributed by atoms with E-state index in [0.29, 0.717) is 12.0 Å². The van der Waals surface area contributed by atoms with Crippen molar-refractivity contribution in [3.05, 3.63) is 36.0 Å². The summed E-state index contributed by atoms with van der Waals surface area (Å²) in [5, 5.41) is 0.985. The number of hydrogen-bond acceptors (Lipinski definition) is 3.